The number of nitrogens with zero attached hydrogens (tertiary/aromatic N) is 1. The number of rotatable bonds is 4. The Morgan fingerprint density at radius 2 is 1.80 bits per heavy atom. The van der Waals surface area contributed by atoms with E-state index in [2.05, 4.69) is 6.07 Å². The number of carbonyl (C=O) groups is 1. The normalized spacial score (nSPS) is 18.8. The lowest BCUT2D eigenvalue weighted by molar-refractivity contribution is -0.0402. The number of morpholine rings is 1. The molecule has 0 radical (unpaired) electrons. The molecule has 0 bridgehead atoms. The Hall–Kier alpha value is -2.61. The second kappa shape index (κ2) is 8.63. The Labute approximate surface area is 171 Å². The first kappa shape index (κ1) is 20.7. The number of benzene rings is 2. The zero-order valence-electron chi connectivity index (χ0n) is 16.2. The van der Waals surface area contributed by atoms with Crippen LogP contribution in [0, 0.1) is 23.3 Å². The molecule has 2 aromatic rings. The topological polar surface area (TPSA) is 38.8 Å². The van der Waals surface area contributed by atoms with Crippen LogP contribution in [0.4, 0.5) is 17.6 Å². The maximum absolute atomic E-state index is 14.0. The van der Waals surface area contributed by atoms with Crippen molar-refractivity contribution in [2.75, 3.05) is 26.3 Å². The third kappa shape index (κ3) is 4.14. The van der Waals surface area contributed by atoms with Gasteiger partial charge in [0.1, 0.15) is 18.5 Å². The van der Waals surface area contributed by atoms with Crippen LogP contribution in [0.25, 0.3) is 0 Å². The highest BCUT2D eigenvalue weighted by Crippen LogP contribution is 2.26. The van der Waals surface area contributed by atoms with Crippen molar-refractivity contribution in [1.82, 2.24) is 4.90 Å². The number of hydrogen-bond donors (Lipinski definition) is 0. The molecular weight excluding hydrogens is 402 g/mol. The third-order valence-corrected chi connectivity index (χ3v) is 5.51. The second-order valence-corrected chi connectivity index (χ2v) is 7.54. The summed E-state index contributed by atoms with van der Waals surface area (Å²) in [7, 11) is 0. The summed E-state index contributed by atoms with van der Waals surface area (Å²) in [5, 5.41) is 0. The molecule has 2 aromatic carbocycles. The molecule has 0 aromatic heterocycles. The van der Waals surface area contributed by atoms with Gasteiger partial charge in [-0.2, -0.15) is 0 Å². The van der Waals surface area contributed by atoms with Crippen LogP contribution in [-0.2, 0) is 17.6 Å². The molecule has 4 nitrogen and oxygen atoms in total. The van der Waals surface area contributed by atoms with Crippen LogP contribution in [0.15, 0.2) is 24.3 Å². The number of ether oxygens (including phenoxy) is 2. The van der Waals surface area contributed by atoms with E-state index in [1.54, 1.807) is 0 Å². The minimum Gasteiger partial charge on any atom is -0.491 e. The van der Waals surface area contributed by atoms with E-state index in [0.29, 0.717) is 11.8 Å². The van der Waals surface area contributed by atoms with Crippen molar-refractivity contribution >= 4 is 5.91 Å². The first-order chi connectivity index (χ1) is 14.4. The highest BCUT2D eigenvalue weighted by Gasteiger charge is 2.30. The van der Waals surface area contributed by atoms with Gasteiger partial charge in [-0.15, -0.1) is 0 Å². The fourth-order valence-electron chi connectivity index (χ4n) is 3.89. The molecule has 160 valence electrons. The number of hydrogen-bond acceptors (Lipinski definition) is 3. The Morgan fingerprint density at radius 3 is 2.60 bits per heavy atom. The average Bonchev–Trinajstić information content (AvgIpc) is 2.78. The fraction of sp³-hybridized carbons (Fsp3) is 0.409. The van der Waals surface area contributed by atoms with E-state index in [-0.39, 0.29) is 26.3 Å². The molecule has 1 amide bonds. The Balaban J connectivity index is 1.41. The quantitative estimate of drug-likeness (QED) is 0.423. The number of carbonyl (C=O) groups excluding carboxylic acids is 1. The smallest absolute Gasteiger partial charge is 0.257 e. The first-order valence-corrected chi connectivity index (χ1v) is 9.92. The number of aryl methyl sites for hydroxylation is 2. The van der Waals surface area contributed by atoms with Crippen molar-refractivity contribution in [3.05, 3.63) is 64.2 Å². The van der Waals surface area contributed by atoms with Crippen molar-refractivity contribution < 1.29 is 31.8 Å². The summed E-state index contributed by atoms with van der Waals surface area (Å²) in [6.45, 7) is 0.507. The lowest BCUT2D eigenvalue weighted by atomic mass is 9.92. The van der Waals surface area contributed by atoms with Crippen LogP contribution in [-0.4, -0.2) is 43.2 Å². The molecule has 0 spiro atoms. The van der Waals surface area contributed by atoms with Gasteiger partial charge in [-0.3, -0.25) is 4.79 Å². The summed E-state index contributed by atoms with van der Waals surface area (Å²) < 4.78 is 65.5. The van der Waals surface area contributed by atoms with Gasteiger partial charge in [-0.1, -0.05) is 6.07 Å². The van der Waals surface area contributed by atoms with Crippen LogP contribution in [0.2, 0.25) is 0 Å². The molecule has 1 atom stereocenters. The van der Waals surface area contributed by atoms with Crippen LogP contribution >= 0.6 is 0 Å². The van der Waals surface area contributed by atoms with Gasteiger partial charge in [0.05, 0.1) is 18.7 Å². The largest absolute Gasteiger partial charge is 0.491 e. The number of halogens is 4. The summed E-state index contributed by atoms with van der Waals surface area (Å²) in [5.41, 5.74) is 1.76. The molecule has 1 aliphatic heterocycles. The molecule has 8 heteroatoms. The zero-order chi connectivity index (χ0) is 21.3. The molecule has 1 saturated heterocycles. The van der Waals surface area contributed by atoms with E-state index in [1.165, 1.54) is 22.4 Å². The molecule has 30 heavy (non-hydrogen) atoms. The molecule has 0 saturated carbocycles. The molecule has 4 rings (SSSR count). The minimum absolute atomic E-state index is 0.0594. The average molecular weight is 423 g/mol. The van der Waals surface area contributed by atoms with E-state index in [9.17, 15) is 22.4 Å². The van der Waals surface area contributed by atoms with Crippen molar-refractivity contribution in [1.29, 1.82) is 0 Å². The lowest BCUT2D eigenvalue weighted by Gasteiger charge is -2.33. The highest BCUT2D eigenvalue weighted by atomic mass is 19.2. The van der Waals surface area contributed by atoms with Gasteiger partial charge in [0.2, 0.25) is 0 Å². The standard InChI is InChI=1S/C22H21F4NO3/c23-18-10-17(19(24)21(26)20(18)25)22(28)27-7-8-29-16(11-27)12-30-15-6-5-13-3-1-2-4-14(13)9-15/h5-6,9-10,16H,1-4,7-8,11-12H2/t16-/m0/s1. The van der Waals surface area contributed by atoms with Crippen LogP contribution in [0.3, 0.4) is 0 Å². The third-order valence-electron chi connectivity index (χ3n) is 5.51. The van der Waals surface area contributed by atoms with Gasteiger partial charge in [-0.05, 0) is 55.0 Å². The van der Waals surface area contributed by atoms with Crippen molar-refractivity contribution in [3.63, 3.8) is 0 Å². The predicted molar refractivity (Wildman–Crippen MR) is 100 cm³/mol. The maximum atomic E-state index is 14.0. The number of amides is 1. The number of fused-ring (bicyclic) bond motifs is 1. The summed E-state index contributed by atoms with van der Waals surface area (Å²) in [6, 6.07) is 6.35. The molecule has 1 fully saturated rings. The van der Waals surface area contributed by atoms with E-state index >= 15 is 0 Å². The van der Waals surface area contributed by atoms with E-state index < -0.39 is 40.8 Å². The van der Waals surface area contributed by atoms with Gasteiger partial charge >= 0.3 is 0 Å². The molecule has 0 unspecified atom stereocenters. The Morgan fingerprint density at radius 1 is 1.03 bits per heavy atom. The lowest BCUT2D eigenvalue weighted by Crippen LogP contribution is -2.48. The van der Waals surface area contributed by atoms with Gasteiger partial charge in [-0.25, -0.2) is 17.6 Å². The van der Waals surface area contributed by atoms with Crippen LogP contribution < -0.4 is 4.74 Å². The Bertz CT molecular complexity index is 966. The molecule has 2 aliphatic rings. The zero-order valence-corrected chi connectivity index (χ0v) is 16.2. The molecule has 1 heterocycles. The van der Waals surface area contributed by atoms with Crippen molar-refractivity contribution in [2.45, 2.75) is 31.8 Å². The molecule has 1 aliphatic carbocycles. The summed E-state index contributed by atoms with van der Waals surface area (Å²) in [5.74, 6) is -7.48. The minimum atomic E-state index is -2.00. The van der Waals surface area contributed by atoms with Crippen molar-refractivity contribution in [3.8, 4) is 5.75 Å². The van der Waals surface area contributed by atoms with Crippen LogP contribution in [0.5, 0.6) is 5.75 Å². The summed E-state index contributed by atoms with van der Waals surface area (Å²) in [6.07, 6.45) is 3.94. The van der Waals surface area contributed by atoms with Gasteiger partial charge in [0, 0.05) is 6.54 Å². The van der Waals surface area contributed by atoms with Gasteiger partial charge in [0.25, 0.3) is 5.91 Å². The van der Waals surface area contributed by atoms with Crippen molar-refractivity contribution in [2.24, 2.45) is 0 Å². The van der Waals surface area contributed by atoms with Gasteiger partial charge in [0.15, 0.2) is 23.3 Å². The first-order valence-electron chi connectivity index (χ1n) is 9.92. The Kier molecular flexibility index (Phi) is 5.94. The summed E-state index contributed by atoms with van der Waals surface area (Å²) >= 11 is 0. The molecular formula is C22H21F4NO3. The SMILES string of the molecule is O=C(c1cc(F)c(F)c(F)c1F)N1CCO[C@H](COc2ccc3c(c2)CCCC3)C1. The maximum Gasteiger partial charge on any atom is 0.257 e. The second-order valence-electron chi connectivity index (χ2n) is 7.54. The fourth-order valence-corrected chi connectivity index (χ4v) is 3.89. The van der Waals surface area contributed by atoms with E-state index in [1.807, 2.05) is 12.1 Å². The monoisotopic (exact) mass is 423 g/mol. The van der Waals surface area contributed by atoms with Crippen LogP contribution in [0.1, 0.15) is 34.3 Å². The highest BCUT2D eigenvalue weighted by molar-refractivity contribution is 5.94. The van der Waals surface area contributed by atoms with E-state index in [0.717, 1.165) is 19.3 Å². The predicted octanol–water partition coefficient (Wildman–Crippen LogP) is 4.04. The molecule has 0 N–H and O–H groups in total. The van der Waals surface area contributed by atoms with E-state index in [4.69, 9.17) is 9.47 Å². The summed E-state index contributed by atoms with van der Waals surface area (Å²) in [4.78, 5) is 13.8. The van der Waals surface area contributed by atoms with Gasteiger partial charge < -0.3 is 14.4 Å².